The SMILES string of the molecule is COP(=O)(CNC(Cc1ccc(-c2ccccc2)cc1)C(=O)C(N)Cc1nnn[nH]1)OC. The highest BCUT2D eigenvalue weighted by molar-refractivity contribution is 7.53. The number of H-pyrrole nitrogens is 1. The van der Waals surface area contributed by atoms with Gasteiger partial charge >= 0.3 is 7.60 Å². The zero-order valence-corrected chi connectivity index (χ0v) is 18.9. The lowest BCUT2D eigenvalue weighted by Crippen LogP contribution is -2.48. The molecule has 2 aromatic carbocycles. The Bertz CT molecular complexity index is 1020. The zero-order chi connectivity index (χ0) is 23.0. The number of rotatable bonds is 12. The first-order valence-electron chi connectivity index (χ1n) is 10.0. The number of Topliss-reactive ketones (excluding diaryl/α,β-unsaturated/α-hetero) is 1. The van der Waals surface area contributed by atoms with Crippen LogP contribution in [0, 0.1) is 0 Å². The summed E-state index contributed by atoms with van der Waals surface area (Å²) in [7, 11) is -0.758. The number of nitrogens with one attached hydrogen (secondary N) is 2. The first-order valence-corrected chi connectivity index (χ1v) is 11.8. The number of hydrogen-bond acceptors (Lipinski definition) is 9. The van der Waals surface area contributed by atoms with Crippen LogP contribution in [0.25, 0.3) is 11.1 Å². The lowest BCUT2D eigenvalue weighted by Gasteiger charge is -2.23. The third-order valence-corrected chi connectivity index (χ3v) is 6.78. The summed E-state index contributed by atoms with van der Waals surface area (Å²) in [5.41, 5.74) is 9.23. The molecule has 32 heavy (non-hydrogen) atoms. The maximum Gasteiger partial charge on any atom is 0.343 e. The van der Waals surface area contributed by atoms with Crippen molar-refractivity contribution in [3.05, 3.63) is 66.0 Å². The molecule has 0 aliphatic rings. The van der Waals surface area contributed by atoms with Gasteiger partial charge in [0.15, 0.2) is 5.78 Å². The third kappa shape index (κ3) is 6.38. The summed E-state index contributed by atoms with van der Waals surface area (Å²) in [6.45, 7) is 0. The molecule has 1 heterocycles. The quantitative estimate of drug-likeness (QED) is 0.347. The Morgan fingerprint density at radius 3 is 2.31 bits per heavy atom. The average molecular weight is 458 g/mol. The van der Waals surface area contributed by atoms with E-state index >= 15 is 0 Å². The Kier molecular flexibility index (Phi) is 8.38. The monoisotopic (exact) mass is 458 g/mol. The van der Waals surface area contributed by atoms with E-state index in [0.717, 1.165) is 16.7 Å². The molecule has 1 aromatic heterocycles. The molecule has 11 heteroatoms. The fraction of sp³-hybridized carbons (Fsp3) is 0.333. The van der Waals surface area contributed by atoms with Crippen LogP contribution >= 0.6 is 7.60 Å². The largest absolute Gasteiger partial charge is 0.343 e. The van der Waals surface area contributed by atoms with Gasteiger partial charge in [0, 0.05) is 20.6 Å². The molecule has 0 spiro atoms. The van der Waals surface area contributed by atoms with Gasteiger partial charge in [-0.1, -0.05) is 54.6 Å². The minimum absolute atomic E-state index is 0.130. The second-order valence-electron chi connectivity index (χ2n) is 7.22. The minimum Gasteiger partial charge on any atom is -0.321 e. The molecule has 0 amide bonds. The van der Waals surface area contributed by atoms with Crippen LogP contribution in [0.2, 0.25) is 0 Å². The molecule has 0 bridgehead atoms. The molecule has 10 nitrogen and oxygen atoms in total. The first-order chi connectivity index (χ1) is 15.4. The Labute approximate surface area is 186 Å². The van der Waals surface area contributed by atoms with Gasteiger partial charge in [-0.2, -0.15) is 0 Å². The predicted molar refractivity (Wildman–Crippen MR) is 120 cm³/mol. The van der Waals surface area contributed by atoms with Crippen molar-refractivity contribution in [2.45, 2.75) is 24.9 Å². The molecule has 0 saturated carbocycles. The van der Waals surface area contributed by atoms with Gasteiger partial charge in [-0.05, 0) is 33.5 Å². The molecule has 0 aliphatic heterocycles. The van der Waals surface area contributed by atoms with Crippen molar-refractivity contribution >= 4 is 13.4 Å². The number of benzene rings is 2. The van der Waals surface area contributed by atoms with Gasteiger partial charge in [0.05, 0.1) is 18.4 Å². The number of nitrogens with two attached hydrogens (primary N) is 1. The van der Waals surface area contributed by atoms with Crippen molar-refractivity contribution in [2.24, 2.45) is 5.73 Å². The molecule has 0 saturated heterocycles. The number of aromatic amines is 1. The number of tetrazole rings is 1. The number of nitrogens with zero attached hydrogens (tertiary/aromatic N) is 3. The van der Waals surface area contributed by atoms with E-state index in [1.54, 1.807) is 0 Å². The summed E-state index contributed by atoms with van der Waals surface area (Å²) in [5, 5.41) is 16.4. The molecule has 3 aromatic rings. The van der Waals surface area contributed by atoms with Crippen LogP contribution in [0.1, 0.15) is 11.4 Å². The smallest absolute Gasteiger partial charge is 0.321 e. The van der Waals surface area contributed by atoms with E-state index in [-0.39, 0.29) is 18.5 Å². The summed E-state index contributed by atoms with van der Waals surface area (Å²) in [6, 6.07) is 16.4. The minimum atomic E-state index is -3.36. The van der Waals surface area contributed by atoms with E-state index in [9.17, 15) is 9.36 Å². The van der Waals surface area contributed by atoms with Crippen molar-refractivity contribution in [3.63, 3.8) is 0 Å². The molecule has 0 radical (unpaired) electrons. The molecular weight excluding hydrogens is 431 g/mol. The molecule has 4 N–H and O–H groups in total. The number of carbonyl (C=O) groups is 1. The molecule has 0 fully saturated rings. The number of carbonyl (C=O) groups excluding carboxylic acids is 1. The van der Waals surface area contributed by atoms with Crippen molar-refractivity contribution < 1.29 is 18.4 Å². The highest BCUT2D eigenvalue weighted by Gasteiger charge is 2.29. The first kappa shape index (κ1) is 23.9. The second-order valence-corrected chi connectivity index (χ2v) is 9.49. The Morgan fingerprint density at radius 2 is 1.72 bits per heavy atom. The lowest BCUT2D eigenvalue weighted by atomic mass is 9.95. The Hall–Kier alpha value is -2.75. The van der Waals surface area contributed by atoms with E-state index in [4.69, 9.17) is 14.8 Å². The summed E-state index contributed by atoms with van der Waals surface area (Å²) < 4.78 is 22.4. The fourth-order valence-electron chi connectivity index (χ4n) is 3.23. The van der Waals surface area contributed by atoms with Gasteiger partial charge in [0.25, 0.3) is 0 Å². The van der Waals surface area contributed by atoms with Gasteiger partial charge in [0.1, 0.15) is 5.82 Å². The predicted octanol–water partition coefficient (Wildman–Crippen LogP) is 1.95. The van der Waals surface area contributed by atoms with Gasteiger partial charge in [-0.25, -0.2) is 5.10 Å². The van der Waals surface area contributed by atoms with Gasteiger partial charge in [-0.3, -0.25) is 14.7 Å². The van der Waals surface area contributed by atoms with Crippen LogP contribution in [0.3, 0.4) is 0 Å². The standard InChI is InChI=1S/C21H27N6O4P/c1-30-32(29,31-2)14-23-19(21(28)18(22)13-20-24-26-27-25-20)12-15-8-10-17(11-9-15)16-6-4-3-5-7-16/h3-11,18-19,23H,12-14,22H2,1-2H3,(H,24,25,26,27). The molecule has 2 atom stereocenters. The van der Waals surface area contributed by atoms with E-state index in [0.29, 0.717) is 12.2 Å². The lowest BCUT2D eigenvalue weighted by molar-refractivity contribution is -0.122. The normalized spacial score (nSPS) is 13.6. The maximum atomic E-state index is 13.1. The summed E-state index contributed by atoms with van der Waals surface area (Å²) in [6.07, 6.45) is 0.377. The van der Waals surface area contributed by atoms with Crippen molar-refractivity contribution in [3.8, 4) is 11.1 Å². The number of ketones is 1. The van der Waals surface area contributed by atoms with Crippen LogP contribution in [0.5, 0.6) is 0 Å². The van der Waals surface area contributed by atoms with Crippen molar-refractivity contribution in [2.75, 3.05) is 20.5 Å². The molecule has 170 valence electrons. The van der Waals surface area contributed by atoms with Crippen LogP contribution in [0.4, 0.5) is 0 Å². The van der Waals surface area contributed by atoms with Crippen molar-refractivity contribution in [1.29, 1.82) is 0 Å². The topological polar surface area (TPSA) is 145 Å². The Balaban J connectivity index is 1.75. The van der Waals surface area contributed by atoms with Crippen LogP contribution in [-0.4, -0.2) is 59.0 Å². The van der Waals surface area contributed by atoms with E-state index in [2.05, 4.69) is 25.9 Å². The summed E-state index contributed by atoms with van der Waals surface area (Å²) in [5.74, 6) is 0.156. The highest BCUT2D eigenvalue weighted by atomic mass is 31.2. The van der Waals surface area contributed by atoms with Gasteiger partial charge in [-0.15, -0.1) is 5.10 Å². The van der Waals surface area contributed by atoms with Crippen LogP contribution in [-0.2, 0) is 31.2 Å². The highest BCUT2D eigenvalue weighted by Crippen LogP contribution is 2.44. The molecule has 3 rings (SSSR count). The zero-order valence-electron chi connectivity index (χ0n) is 18.0. The fourth-order valence-corrected chi connectivity index (χ4v) is 4.08. The molecule has 0 aliphatic carbocycles. The maximum absolute atomic E-state index is 13.1. The van der Waals surface area contributed by atoms with E-state index in [1.807, 2.05) is 54.6 Å². The van der Waals surface area contributed by atoms with Gasteiger partial charge in [0.2, 0.25) is 0 Å². The second kappa shape index (κ2) is 11.2. The number of hydrogen-bond donors (Lipinski definition) is 3. The van der Waals surface area contributed by atoms with Crippen LogP contribution in [0.15, 0.2) is 54.6 Å². The third-order valence-electron chi connectivity index (χ3n) is 5.10. The Morgan fingerprint density at radius 1 is 1.06 bits per heavy atom. The summed E-state index contributed by atoms with van der Waals surface area (Å²) in [4.78, 5) is 13.1. The van der Waals surface area contributed by atoms with Crippen LogP contribution < -0.4 is 11.1 Å². The van der Waals surface area contributed by atoms with E-state index in [1.165, 1.54) is 14.2 Å². The summed E-state index contributed by atoms with van der Waals surface area (Å²) >= 11 is 0. The molecular formula is C21H27N6O4P. The molecule has 2 unspecified atom stereocenters. The average Bonchev–Trinajstić information content (AvgIpc) is 3.35. The number of aromatic nitrogens is 4. The van der Waals surface area contributed by atoms with Gasteiger partial charge < -0.3 is 14.8 Å². The van der Waals surface area contributed by atoms with Crippen molar-refractivity contribution in [1.82, 2.24) is 25.9 Å². The van der Waals surface area contributed by atoms with E-state index < -0.39 is 19.7 Å².